The lowest BCUT2D eigenvalue weighted by molar-refractivity contribution is -0.118. The first-order valence-corrected chi connectivity index (χ1v) is 9.90. The number of halogens is 2. The zero-order valence-electron chi connectivity index (χ0n) is 16.4. The topological polar surface area (TPSA) is 32.3 Å². The first-order chi connectivity index (χ1) is 13.3. The van der Waals surface area contributed by atoms with Crippen LogP contribution in [0.3, 0.4) is 0 Å². The number of carbonyl (C=O) groups is 1. The fraction of sp³-hybridized carbons (Fsp3) is 0.435. The minimum absolute atomic E-state index is 0.0822. The van der Waals surface area contributed by atoms with Crippen molar-refractivity contribution in [2.24, 2.45) is 11.3 Å². The number of carbonyl (C=O) groups excluding carboxylic acids is 1. The number of aryl methyl sites for hydroxylation is 2. The van der Waals surface area contributed by atoms with Crippen LogP contribution >= 0.6 is 0 Å². The molecule has 1 saturated heterocycles. The summed E-state index contributed by atoms with van der Waals surface area (Å²) in [6.45, 7) is 6.44. The Morgan fingerprint density at radius 2 is 1.75 bits per heavy atom. The van der Waals surface area contributed by atoms with Crippen molar-refractivity contribution < 1.29 is 13.6 Å². The first-order valence-electron chi connectivity index (χ1n) is 9.90. The molecule has 0 unspecified atom stereocenters. The molecule has 1 spiro atoms. The molecule has 28 heavy (non-hydrogen) atoms. The summed E-state index contributed by atoms with van der Waals surface area (Å²) in [5.41, 5.74) is 4.07. The molecule has 0 aromatic heterocycles. The number of hydrogen-bond donors (Lipinski definition) is 1. The van der Waals surface area contributed by atoms with Gasteiger partial charge < -0.3 is 5.32 Å². The molecule has 2 aromatic rings. The molecule has 0 radical (unpaired) electrons. The van der Waals surface area contributed by atoms with Crippen LogP contribution in [0.25, 0.3) is 0 Å². The monoisotopic (exact) mass is 384 g/mol. The second kappa shape index (κ2) is 7.28. The van der Waals surface area contributed by atoms with E-state index in [1.807, 2.05) is 26.0 Å². The lowest BCUT2D eigenvalue weighted by atomic mass is 9.90. The fourth-order valence-corrected chi connectivity index (χ4v) is 4.60. The quantitative estimate of drug-likeness (QED) is 0.819. The van der Waals surface area contributed by atoms with E-state index in [2.05, 4.69) is 16.3 Å². The van der Waals surface area contributed by atoms with Crippen molar-refractivity contribution in [3.05, 3.63) is 64.7 Å². The Kier molecular flexibility index (Phi) is 4.96. The van der Waals surface area contributed by atoms with Crippen molar-refractivity contribution >= 4 is 11.6 Å². The summed E-state index contributed by atoms with van der Waals surface area (Å²) in [5, 5.41) is 3.09. The van der Waals surface area contributed by atoms with Crippen LogP contribution in [0.5, 0.6) is 0 Å². The van der Waals surface area contributed by atoms with Crippen LogP contribution < -0.4 is 5.32 Å². The van der Waals surface area contributed by atoms with E-state index in [1.54, 1.807) is 6.07 Å². The van der Waals surface area contributed by atoms with Crippen LogP contribution in [0.15, 0.2) is 36.4 Å². The lowest BCUT2D eigenvalue weighted by Gasteiger charge is -2.32. The van der Waals surface area contributed by atoms with Crippen LogP contribution in [0.4, 0.5) is 14.5 Å². The van der Waals surface area contributed by atoms with Gasteiger partial charge in [0.1, 0.15) is 0 Å². The molecule has 0 bridgehead atoms. The van der Waals surface area contributed by atoms with Crippen molar-refractivity contribution in [2.75, 3.05) is 18.4 Å². The average molecular weight is 384 g/mol. The number of rotatable bonds is 4. The predicted octanol–water partition coefficient (Wildman–Crippen LogP) is 4.82. The zero-order valence-corrected chi connectivity index (χ0v) is 16.4. The Balaban J connectivity index is 1.31. The van der Waals surface area contributed by atoms with Crippen LogP contribution in [-0.2, 0) is 11.3 Å². The molecule has 1 heterocycles. The highest BCUT2D eigenvalue weighted by Crippen LogP contribution is 2.59. The van der Waals surface area contributed by atoms with E-state index >= 15 is 0 Å². The maximum Gasteiger partial charge on any atom is 0.228 e. The Bertz CT molecular complexity index is 883. The number of benzene rings is 2. The maximum absolute atomic E-state index is 13.4. The number of hydrogen-bond acceptors (Lipinski definition) is 2. The molecular formula is C23H26F2N2O. The average Bonchev–Trinajstić information content (AvgIpc) is 3.33. The molecule has 1 amide bonds. The van der Waals surface area contributed by atoms with E-state index in [0.717, 1.165) is 54.7 Å². The lowest BCUT2D eigenvalue weighted by Crippen LogP contribution is -2.35. The van der Waals surface area contributed by atoms with E-state index in [1.165, 1.54) is 12.1 Å². The maximum atomic E-state index is 13.4. The number of likely N-dealkylation sites (tertiary alicyclic amines) is 1. The third-order valence-electron chi connectivity index (χ3n) is 6.24. The van der Waals surface area contributed by atoms with Crippen molar-refractivity contribution in [1.82, 2.24) is 4.90 Å². The largest absolute Gasteiger partial charge is 0.326 e. The Hall–Kier alpha value is -2.27. The molecule has 1 aliphatic carbocycles. The normalized spacial score (nSPS) is 20.9. The number of nitrogens with one attached hydrogen (secondary N) is 1. The summed E-state index contributed by atoms with van der Waals surface area (Å²) in [6.07, 6.45) is 2.89. The van der Waals surface area contributed by atoms with Gasteiger partial charge in [0, 0.05) is 18.2 Å². The van der Waals surface area contributed by atoms with E-state index in [4.69, 9.17) is 0 Å². The molecule has 3 nitrogen and oxygen atoms in total. The van der Waals surface area contributed by atoms with Gasteiger partial charge >= 0.3 is 0 Å². The second-order valence-electron chi connectivity index (χ2n) is 8.51. The van der Waals surface area contributed by atoms with Gasteiger partial charge in [-0.1, -0.05) is 12.1 Å². The molecule has 2 fully saturated rings. The van der Waals surface area contributed by atoms with Gasteiger partial charge in [0.25, 0.3) is 0 Å². The van der Waals surface area contributed by atoms with E-state index < -0.39 is 11.6 Å². The minimum atomic E-state index is -0.808. The van der Waals surface area contributed by atoms with Crippen LogP contribution in [0, 0.1) is 36.8 Å². The SMILES string of the molecule is Cc1cc(C)cc(NC(=O)[C@H]2CC23CCN(Cc2ccc(F)c(F)c2)CC3)c1. The third kappa shape index (κ3) is 3.95. The van der Waals surface area contributed by atoms with Gasteiger partial charge in [-0.05, 0) is 92.6 Å². The van der Waals surface area contributed by atoms with Crippen LogP contribution in [0.2, 0.25) is 0 Å². The molecule has 4 rings (SSSR count). The van der Waals surface area contributed by atoms with Gasteiger partial charge in [0.05, 0.1) is 0 Å². The van der Waals surface area contributed by atoms with Crippen LogP contribution in [0.1, 0.15) is 36.0 Å². The fourth-order valence-electron chi connectivity index (χ4n) is 4.60. The van der Waals surface area contributed by atoms with E-state index in [-0.39, 0.29) is 17.2 Å². The van der Waals surface area contributed by atoms with Gasteiger partial charge in [-0.25, -0.2) is 8.78 Å². The minimum Gasteiger partial charge on any atom is -0.326 e. The summed E-state index contributed by atoms with van der Waals surface area (Å²) < 4.78 is 26.5. The van der Waals surface area contributed by atoms with E-state index in [9.17, 15) is 13.6 Å². The molecule has 148 valence electrons. The summed E-state index contributed by atoms with van der Waals surface area (Å²) in [5.74, 6) is -1.40. The molecule has 2 aliphatic rings. The van der Waals surface area contributed by atoms with Crippen molar-refractivity contribution in [2.45, 2.75) is 39.7 Å². The molecule has 1 atom stereocenters. The summed E-state index contributed by atoms with van der Waals surface area (Å²) in [7, 11) is 0. The molecule has 1 N–H and O–H groups in total. The van der Waals surface area contributed by atoms with Crippen molar-refractivity contribution in [3.8, 4) is 0 Å². The molecule has 1 aliphatic heterocycles. The highest BCUT2D eigenvalue weighted by molar-refractivity contribution is 5.95. The first kappa shape index (κ1) is 19.1. The number of piperidine rings is 1. The molecule has 5 heteroatoms. The second-order valence-corrected chi connectivity index (χ2v) is 8.51. The third-order valence-corrected chi connectivity index (χ3v) is 6.24. The molecular weight excluding hydrogens is 358 g/mol. The van der Waals surface area contributed by atoms with E-state index in [0.29, 0.717) is 6.54 Å². The Morgan fingerprint density at radius 1 is 1.07 bits per heavy atom. The highest BCUT2D eigenvalue weighted by Gasteiger charge is 2.58. The van der Waals surface area contributed by atoms with Gasteiger partial charge in [-0.2, -0.15) is 0 Å². The number of amides is 1. The summed E-state index contributed by atoms with van der Waals surface area (Å²) >= 11 is 0. The standard InChI is InChI=1S/C23H26F2N2O/c1-15-9-16(2)11-18(10-15)26-22(28)19-13-23(19)5-7-27(8-6-23)14-17-3-4-20(24)21(25)12-17/h3-4,9-12,19H,5-8,13-14H2,1-2H3,(H,26,28)/t19-/m1/s1. The number of nitrogens with zero attached hydrogens (tertiary/aromatic N) is 1. The number of anilines is 1. The highest BCUT2D eigenvalue weighted by atomic mass is 19.2. The predicted molar refractivity (Wildman–Crippen MR) is 106 cm³/mol. The summed E-state index contributed by atoms with van der Waals surface area (Å²) in [6, 6.07) is 10.2. The summed E-state index contributed by atoms with van der Waals surface area (Å²) in [4.78, 5) is 15.0. The Morgan fingerprint density at radius 3 is 2.39 bits per heavy atom. The van der Waals surface area contributed by atoms with Crippen molar-refractivity contribution in [1.29, 1.82) is 0 Å². The van der Waals surface area contributed by atoms with Gasteiger partial charge in [0.15, 0.2) is 11.6 Å². The van der Waals surface area contributed by atoms with Crippen molar-refractivity contribution in [3.63, 3.8) is 0 Å². The van der Waals surface area contributed by atoms with Gasteiger partial charge in [0.2, 0.25) is 5.91 Å². The Labute approximate surface area is 164 Å². The van der Waals surface area contributed by atoms with Gasteiger partial charge in [-0.15, -0.1) is 0 Å². The molecule has 2 aromatic carbocycles. The zero-order chi connectivity index (χ0) is 19.9. The molecule has 1 saturated carbocycles. The smallest absolute Gasteiger partial charge is 0.228 e. The van der Waals surface area contributed by atoms with Gasteiger partial charge in [-0.3, -0.25) is 9.69 Å². The van der Waals surface area contributed by atoms with Crippen LogP contribution in [-0.4, -0.2) is 23.9 Å².